The molecule has 0 radical (unpaired) electrons. The molecule has 0 saturated carbocycles. The molecule has 0 nitrogen and oxygen atoms in total. The van der Waals surface area contributed by atoms with Gasteiger partial charge in [0.1, 0.15) is 0 Å². The van der Waals surface area contributed by atoms with Gasteiger partial charge in [-0.1, -0.05) is 45.7 Å². The molecule has 0 fully saturated rings. The molecule has 0 unspecified atom stereocenters. The van der Waals surface area contributed by atoms with E-state index in [2.05, 4.69) is 28.6 Å². The summed E-state index contributed by atoms with van der Waals surface area (Å²) in [6, 6.07) is 13.7. The van der Waals surface area contributed by atoms with Gasteiger partial charge in [-0.15, -0.1) is 12.6 Å². The van der Waals surface area contributed by atoms with Gasteiger partial charge in [-0.05, 0) is 35.4 Å². The van der Waals surface area contributed by atoms with Crippen LogP contribution >= 0.6 is 40.2 Å². The van der Waals surface area contributed by atoms with Gasteiger partial charge in [-0.3, -0.25) is 0 Å². The summed E-state index contributed by atoms with van der Waals surface area (Å²) in [6.45, 7) is 0. The third-order valence-corrected chi connectivity index (χ3v) is 3.44. The third-order valence-electron chi connectivity index (χ3n) is 2.12. The van der Waals surface area contributed by atoms with Crippen molar-refractivity contribution in [2.24, 2.45) is 0 Å². The summed E-state index contributed by atoms with van der Waals surface area (Å²) in [6.07, 6.45) is 0. The molecular weight excluding hydrogens is 292 g/mol. The molecule has 15 heavy (non-hydrogen) atoms. The number of benzene rings is 2. The Hall–Kier alpha value is -0.440. The number of hydrogen-bond acceptors (Lipinski definition) is 1. The molecule has 0 heterocycles. The number of rotatable bonds is 1. The molecule has 0 saturated heterocycles. The SMILES string of the molecule is Sc1ccc(Cl)cc1-c1ccccc1Br. The zero-order chi connectivity index (χ0) is 10.8. The molecule has 0 spiro atoms. The largest absolute Gasteiger partial charge is 0.143 e. The van der Waals surface area contributed by atoms with Gasteiger partial charge in [-0.25, -0.2) is 0 Å². The van der Waals surface area contributed by atoms with Crippen LogP contribution in [0.25, 0.3) is 11.1 Å². The van der Waals surface area contributed by atoms with Crippen molar-refractivity contribution in [3.8, 4) is 11.1 Å². The second kappa shape index (κ2) is 4.60. The Bertz CT molecular complexity index is 497. The zero-order valence-electron chi connectivity index (χ0n) is 7.74. The minimum Gasteiger partial charge on any atom is -0.143 e. The summed E-state index contributed by atoms with van der Waals surface area (Å²) in [4.78, 5) is 0.923. The Morgan fingerprint density at radius 2 is 1.73 bits per heavy atom. The maximum atomic E-state index is 5.97. The highest BCUT2D eigenvalue weighted by Gasteiger charge is 2.06. The van der Waals surface area contributed by atoms with E-state index in [1.807, 2.05) is 42.5 Å². The molecule has 0 aliphatic carbocycles. The quantitative estimate of drug-likeness (QED) is 0.699. The van der Waals surface area contributed by atoms with Crippen LogP contribution in [0.1, 0.15) is 0 Å². The lowest BCUT2D eigenvalue weighted by Crippen LogP contribution is -1.81. The van der Waals surface area contributed by atoms with Crippen LogP contribution in [0.2, 0.25) is 5.02 Å². The van der Waals surface area contributed by atoms with Gasteiger partial charge in [0.15, 0.2) is 0 Å². The first-order chi connectivity index (χ1) is 7.18. The highest BCUT2D eigenvalue weighted by Crippen LogP contribution is 2.33. The standard InChI is InChI=1S/C12H8BrClS/c13-11-4-2-1-3-9(11)10-7-8(14)5-6-12(10)15/h1-7,15H. The minimum atomic E-state index is 0.721. The van der Waals surface area contributed by atoms with Crippen LogP contribution in [0, 0.1) is 0 Å². The monoisotopic (exact) mass is 298 g/mol. The average Bonchev–Trinajstić information content (AvgIpc) is 2.23. The van der Waals surface area contributed by atoms with Crippen molar-refractivity contribution in [1.82, 2.24) is 0 Å². The molecule has 0 aromatic heterocycles. The Morgan fingerprint density at radius 1 is 1.00 bits per heavy atom. The van der Waals surface area contributed by atoms with Gasteiger partial charge in [0.05, 0.1) is 0 Å². The Kier molecular flexibility index (Phi) is 3.39. The van der Waals surface area contributed by atoms with E-state index in [0.29, 0.717) is 0 Å². The summed E-state index contributed by atoms with van der Waals surface area (Å²) in [5.41, 5.74) is 2.14. The van der Waals surface area contributed by atoms with Gasteiger partial charge < -0.3 is 0 Å². The highest BCUT2D eigenvalue weighted by atomic mass is 79.9. The first kappa shape index (κ1) is 11.1. The normalized spacial score (nSPS) is 10.3. The minimum absolute atomic E-state index is 0.721. The Morgan fingerprint density at radius 3 is 2.47 bits per heavy atom. The predicted octanol–water partition coefficient (Wildman–Crippen LogP) is 5.06. The second-order valence-electron chi connectivity index (χ2n) is 3.14. The third kappa shape index (κ3) is 2.39. The lowest BCUT2D eigenvalue weighted by atomic mass is 10.1. The highest BCUT2D eigenvalue weighted by molar-refractivity contribution is 9.10. The fourth-order valence-electron chi connectivity index (χ4n) is 1.40. The van der Waals surface area contributed by atoms with Gasteiger partial charge in [0, 0.05) is 14.4 Å². The van der Waals surface area contributed by atoms with E-state index < -0.39 is 0 Å². The maximum Gasteiger partial charge on any atom is 0.0412 e. The summed E-state index contributed by atoms with van der Waals surface area (Å²) >= 11 is 13.9. The van der Waals surface area contributed by atoms with Gasteiger partial charge in [0.25, 0.3) is 0 Å². The summed E-state index contributed by atoms with van der Waals surface area (Å²) < 4.78 is 1.04. The molecule has 0 aliphatic heterocycles. The molecule has 2 aromatic carbocycles. The lowest BCUT2D eigenvalue weighted by molar-refractivity contribution is 1.44. The average molecular weight is 300 g/mol. The fourth-order valence-corrected chi connectivity index (χ4v) is 2.33. The van der Waals surface area contributed by atoms with Crippen LogP contribution in [0.15, 0.2) is 51.8 Å². The molecular formula is C12H8BrClS. The van der Waals surface area contributed by atoms with E-state index in [1.54, 1.807) is 0 Å². The topological polar surface area (TPSA) is 0 Å². The van der Waals surface area contributed by atoms with Gasteiger partial charge >= 0.3 is 0 Å². The van der Waals surface area contributed by atoms with E-state index in [-0.39, 0.29) is 0 Å². The van der Waals surface area contributed by atoms with Gasteiger partial charge in [0.2, 0.25) is 0 Å². The smallest absolute Gasteiger partial charge is 0.0412 e. The van der Waals surface area contributed by atoms with Gasteiger partial charge in [-0.2, -0.15) is 0 Å². The molecule has 0 aliphatic rings. The van der Waals surface area contributed by atoms with Crippen LogP contribution in [-0.4, -0.2) is 0 Å². The van der Waals surface area contributed by atoms with Crippen molar-refractivity contribution in [2.45, 2.75) is 4.90 Å². The van der Waals surface area contributed by atoms with E-state index >= 15 is 0 Å². The number of thiol groups is 1. The van der Waals surface area contributed by atoms with Crippen molar-refractivity contribution in [2.75, 3.05) is 0 Å². The Labute approximate surface area is 108 Å². The number of halogens is 2. The zero-order valence-corrected chi connectivity index (χ0v) is 11.0. The summed E-state index contributed by atoms with van der Waals surface area (Å²) in [5, 5.41) is 0.721. The molecule has 0 atom stereocenters. The van der Waals surface area contributed by atoms with Crippen molar-refractivity contribution < 1.29 is 0 Å². The van der Waals surface area contributed by atoms with Crippen molar-refractivity contribution >= 4 is 40.2 Å². The van der Waals surface area contributed by atoms with Crippen LogP contribution in [-0.2, 0) is 0 Å². The summed E-state index contributed by atoms with van der Waals surface area (Å²) in [7, 11) is 0. The fraction of sp³-hybridized carbons (Fsp3) is 0. The van der Waals surface area contributed by atoms with Crippen LogP contribution < -0.4 is 0 Å². The van der Waals surface area contributed by atoms with E-state index in [0.717, 1.165) is 25.5 Å². The Balaban J connectivity index is 2.64. The number of hydrogen-bond donors (Lipinski definition) is 1. The molecule has 2 rings (SSSR count). The van der Waals surface area contributed by atoms with Crippen LogP contribution in [0.3, 0.4) is 0 Å². The van der Waals surface area contributed by atoms with Crippen LogP contribution in [0.5, 0.6) is 0 Å². The molecule has 0 amide bonds. The molecule has 2 aromatic rings. The first-order valence-electron chi connectivity index (χ1n) is 4.42. The van der Waals surface area contributed by atoms with Crippen molar-refractivity contribution in [3.05, 3.63) is 52.0 Å². The lowest BCUT2D eigenvalue weighted by Gasteiger charge is -2.07. The molecule has 76 valence electrons. The second-order valence-corrected chi connectivity index (χ2v) is 4.91. The van der Waals surface area contributed by atoms with Crippen molar-refractivity contribution in [3.63, 3.8) is 0 Å². The predicted molar refractivity (Wildman–Crippen MR) is 71.8 cm³/mol. The molecule has 0 bridgehead atoms. The van der Waals surface area contributed by atoms with Crippen LogP contribution in [0.4, 0.5) is 0 Å². The molecule has 3 heteroatoms. The first-order valence-corrected chi connectivity index (χ1v) is 6.04. The molecule has 0 N–H and O–H groups in total. The van der Waals surface area contributed by atoms with E-state index in [1.165, 1.54) is 0 Å². The van der Waals surface area contributed by atoms with Crippen molar-refractivity contribution in [1.29, 1.82) is 0 Å². The maximum absolute atomic E-state index is 5.97. The summed E-state index contributed by atoms with van der Waals surface area (Å²) in [5.74, 6) is 0. The van der Waals surface area contributed by atoms with E-state index in [9.17, 15) is 0 Å². The van der Waals surface area contributed by atoms with E-state index in [4.69, 9.17) is 11.6 Å².